The van der Waals surface area contributed by atoms with E-state index in [0.717, 1.165) is 12.8 Å². The Morgan fingerprint density at radius 1 is 1.55 bits per heavy atom. The third-order valence-corrected chi connectivity index (χ3v) is 2.42. The van der Waals surface area contributed by atoms with Crippen molar-refractivity contribution in [3.63, 3.8) is 0 Å². The van der Waals surface area contributed by atoms with Gasteiger partial charge in [-0.2, -0.15) is 0 Å². The molecule has 0 bridgehead atoms. The number of nitrogens with two attached hydrogens (primary N) is 1. The lowest BCUT2D eigenvalue weighted by molar-refractivity contribution is -0.137. The van der Waals surface area contributed by atoms with Crippen LogP contribution in [0.2, 0.25) is 0 Å². The summed E-state index contributed by atoms with van der Waals surface area (Å²) in [6.45, 7) is 0. The first kappa shape index (κ1) is 8.53. The molecule has 0 amide bonds. The summed E-state index contributed by atoms with van der Waals surface area (Å²) >= 11 is 0. The minimum absolute atomic E-state index is 0.116. The lowest BCUT2D eigenvalue weighted by atomic mass is 9.96. The van der Waals surface area contributed by atoms with Crippen LogP contribution in [0.4, 0.5) is 0 Å². The molecule has 1 atom stereocenters. The number of rotatable bonds is 3. The van der Waals surface area contributed by atoms with E-state index in [4.69, 9.17) is 10.8 Å². The second kappa shape index (κ2) is 3.72. The fraction of sp³-hybridized carbons (Fsp3) is 0.875. The Hall–Kier alpha value is -0.570. The maximum atomic E-state index is 10.3. The van der Waals surface area contributed by atoms with Crippen LogP contribution in [0.3, 0.4) is 0 Å². The molecule has 3 heteroatoms. The molecule has 0 saturated heterocycles. The monoisotopic (exact) mass is 157 g/mol. The molecule has 1 aliphatic rings. The molecular weight excluding hydrogens is 142 g/mol. The molecule has 0 aromatic heterocycles. The molecule has 1 unspecified atom stereocenters. The molecule has 3 N–H and O–H groups in total. The third-order valence-electron chi connectivity index (χ3n) is 2.42. The fourth-order valence-electron chi connectivity index (χ4n) is 1.75. The van der Waals surface area contributed by atoms with E-state index in [-0.39, 0.29) is 12.5 Å². The highest BCUT2D eigenvalue weighted by molar-refractivity contribution is 5.67. The fourth-order valence-corrected chi connectivity index (χ4v) is 1.75. The van der Waals surface area contributed by atoms with Crippen molar-refractivity contribution in [3.05, 3.63) is 0 Å². The summed E-state index contributed by atoms with van der Waals surface area (Å²) in [6.07, 6.45) is 4.81. The predicted molar refractivity (Wildman–Crippen MR) is 42.2 cm³/mol. The number of carboxylic acid groups (broad SMARTS) is 1. The second-order valence-corrected chi connectivity index (χ2v) is 3.31. The maximum Gasteiger partial charge on any atom is 0.304 e. The number of hydrogen-bond acceptors (Lipinski definition) is 2. The Morgan fingerprint density at radius 3 is 2.55 bits per heavy atom. The summed E-state index contributed by atoms with van der Waals surface area (Å²) in [5.74, 6) is -0.310. The van der Waals surface area contributed by atoms with Crippen LogP contribution in [0.25, 0.3) is 0 Å². The van der Waals surface area contributed by atoms with Gasteiger partial charge < -0.3 is 10.8 Å². The van der Waals surface area contributed by atoms with Gasteiger partial charge in [-0.25, -0.2) is 0 Å². The molecule has 1 fully saturated rings. The molecule has 1 rings (SSSR count). The van der Waals surface area contributed by atoms with Crippen LogP contribution in [0.5, 0.6) is 0 Å². The van der Waals surface area contributed by atoms with Crippen LogP contribution in [-0.4, -0.2) is 17.1 Å². The average Bonchev–Trinajstić information content (AvgIpc) is 2.35. The second-order valence-electron chi connectivity index (χ2n) is 3.31. The Kier molecular flexibility index (Phi) is 2.88. The van der Waals surface area contributed by atoms with Crippen molar-refractivity contribution in [1.82, 2.24) is 0 Å². The minimum atomic E-state index is -0.774. The van der Waals surface area contributed by atoms with Gasteiger partial charge in [0.2, 0.25) is 0 Å². The van der Waals surface area contributed by atoms with Gasteiger partial charge in [-0.05, 0) is 18.8 Å². The highest BCUT2D eigenvalue weighted by atomic mass is 16.4. The number of carbonyl (C=O) groups is 1. The van der Waals surface area contributed by atoms with Crippen LogP contribution >= 0.6 is 0 Å². The number of aliphatic carboxylic acids is 1. The molecular formula is C8H15NO2. The van der Waals surface area contributed by atoms with Crippen LogP contribution < -0.4 is 5.73 Å². The Bertz CT molecular complexity index is 141. The molecule has 64 valence electrons. The van der Waals surface area contributed by atoms with Crippen LogP contribution in [0.1, 0.15) is 32.1 Å². The molecule has 3 nitrogen and oxygen atoms in total. The van der Waals surface area contributed by atoms with Crippen molar-refractivity contribution in [3.8, 4) is 0 Å². The molecule has 0 radical (unpaired) electrons. The largest absolute Gasteiger partial charge is 0.481 e. The van der Waals surface area contributed by atoms with Crippen LogP contribution in [-0.2, 0) is 4.79 Å². The zero-order valence-electron chi connectivity index (χ0n) is 6.62. The summed E-state index contributed by atoms with van der Waals surface area (Å²) in [4.78, 5) is 10.3. The van der Waals surface area contributed by atoms with E-state index in [1.54, 1.807) is 0 Å². The van der Waals surface area contributed by atoms with Crippen molar-refractivity contribution in [2.45, 2.75) is 38.1 Å². The van der Waals surface area contributed by atoms with Gasteiger partial charge >= 0.3 is 5.97 Å². The van der Waals surface area contributed by atoms with Gasteiger partial charge in [0.25, 0.3) is 0 Å². The van der Waals surface area contributed by atoms with E-state index in [9.17, 15) is 4.79 Å². The van der Waals surface area contributed by atoms with Gasteiger partial charge in [0.15, 0.2) is 0 Å². The first-order chi connectivity index (χ1) is 5.20. The quantitative estimate of drug-likeness (QED) is 0.641. The lowest BCUT2D eigenvalue weighted by Gasteiger charge is -2.15. The summed E-state index contributed by atoms with van der Waals surface area (Å²) in [7, 11) is 0. The third kappa shape index (κ3) is 2.50. The molecule has 0 aromatic carbocycles. The predicted octanol–water partition coefficient (Wildman–Crippen LogP) is 0.979. The van der Waals surface area contributed by atoms with Crippen molar-refractivity contribution in [2.75, 3.05) is 0 Å². The lowest BCUT2D eigenvalue weighted by Crippen LogP contribution is -2.30. The number of carboxylic acids is 1. The van der Waals surface area contributed by atoms with E-state index >= 15 is 0 Å². The van der Waals surface area contributed by atoms with E-state index in [1.807, 2.05) is 0 Å². The van der Waals surface area contributed by atoms with E-state index in [2.05, 4.69) is 0 Å². The Balaban J connectivity index is 2.28. The van der Waals surface area contributed by atoms with Crippen molar-refractivity contribution in [1.29, 1.82) is 0 Å². The summed E-state index contributed by atoms with van der Waals surface area (Å²) < 4.78 is 0. The number of hydrogen-bond donors (Lipinski definition) is 2. The minimum Gasteiger partial charge on any atom is -0.481 e. The van der Waals surface area contributed by atoms with Gasteiger partial charge in [0, 0.05) is 6.04 Å². The van der Waals surface area contributed by atoms with Gasteiger partial charge in [-0.15, -0.1) is 0 Å². The maximum absolute atomic E-state index is 10.3. The molecule has 0 aromatic rings. The van der Waals surface area contributed by atoms with Crippen molar-refractivity contribution >= 4 is 5.97 Å². The van der Waals surface area contributed by atoms with Crippen LogP contribution in [0, 0.1) is 5.92 Å². The van der Waals surface area contributed by atoms with Gasteiger partial charge in [0.1, 0.15) is 0 Å². The zero-order chi connectivity index (χ0) is 8.27. The van der Waals surface area contributed by atoms with E-state index < -0.39 is 5.97 Å². The summed E-state index contributed by atoms with van der Waals surface area (Å²) in [6, 6.07) is -0.116. The molecule has 1 saturated carbocycles. The van der Waals surface area contributed by atoms with Gasteiger partial charge in [-0.1, -0.05) is 12.8 Å². The highest BCUT2D eigenvalue weighted by Gasteiger charge is 2.23. The highest BCUT2D eigenvalue weighted by Crippen LogP contribution is 2.27. The Labute approximate surface area is 66.6 Å². The zero-order valence-corrected chi connectivity index (χ0v) is 6.62. The van der Waals surface area contributed by atoms with Crippen molar-refractivity contribution in [2.24, 2.45) is 11.7 Å². The topological polar surface area (TPSA) is 63.3 Å². The first-order valence-corrected chi connectivity index (χ1v) is 4.17. The van der Waals surface area contributed by atoms with Crippen LogP contribution in [0.15, 0.2) is 0 Å². The average molecular weight is 157 g/mol. The summed E-state index contributed by atoms with van der Waals surface area (Å²) in [5.41, 5.74) is 5.70. The van der Waals surface area contributed by atoms with E-state index in [1.165, 1.54) is 12.8 Å². The molecule has 1 aliphatic carbocycles. The smallest absolute Gasteiger partial charge is 0.304 e. The molecule has 0 aliphatic heterocycles. The van der Waals surface area contributed by atoms with Crippen molar-refractivity contribution < 1.29 is 9.90 Å². The first-order valence-electron chi connectivity index (χ1n) is 4.17. The van der Waals surface area contributed by atoms with E-state index in [0.29, 0.717) is 5.92 Å². The molecule has 11 heavy (non-hydrogen) atoms. The standard InChI is InChI=1S/C8H15NO2/c9-7(5-8(10)11)6-3-1-2-4-6/h6-7H,1-5,9H2,(H,10,11). The molecule has 0 heterocycles. The Morgan fingerprint density at radius 2 is 2.09 bits per heavy atom. The van der Waals surface area contributed by atoms with Gasteiger partial charge in [0.05, 0.1) is 6.42 Å². The van der Waals surface area contributed by atoms with Gasteiger partial charge in [-0.3, -0.25) is 4.79 Å². The normalized spacial score (nSPS) is 21.9. The SMILES string of the molecule is NC(CC(=O)O)C1CCCC1. The molecule has 0 spiro atoms. The summed E-state index contributed by atoms with van der Waals surface area (Å²) in [5, 5.41) is 8.46.